The lowest BCUT2D eigenvalue weighted by Gasteiger charge is -2.15. The average molecular weight is 248 g/mol. The summed E-state index contributed by atoms with van der Waals surface area (Å²) in [6.07, 6.45) is 0. The molecular formula is C13H16N2O3. The summed E-state index contributed by atoms with van der Waals surface area (Å²) < 4.78 is 0. The molecule has 1 N–H and O–H groups in total. The smallest absolute Gasteiger partial charge is 0.354 e. The van der Waals surface area contributed by atoms with Crippen LogP contribution in [0.4, 0.5) is 0 Å². The van der Waals surface area contributed by atoms with Crippen LogP contribution >= 0.6 is 0 Å². The number of rotatable bonds is 2. The molecule has 0 bridgehead atoms. The molecule has 0 radical (unpaired) electrons. The summed E-state index contributed by atoms with van der Waals surface area (Å²) in [4.78, 5) is 28.6. The highest BCUT2D eigenvalue weighted by atomic mass is 16.4. The zero-order valence-electron chi connectivity index (χ0n) is 10.5. The van der Waals surface area contributed by atoms with Gasteiger partial charge in [-0.1, -0.05) is 19.9 Å². The molecule has 0 aliphatic carbocycles. The van der Waals surface area contributed by atoms with Crippen LogP contribution < -0.4 is 0 Å². The van der Waals surface area contributed by atoms with Crippen molar-refractivity contribution in [2.24, 2.45) is 11.8 Å². The Kier molecular flexibility index (Phi) is 3.32. The number of carbonyl (C=O) groups is 2. The van der Waals surface area contributed by atoms with Gasteiger partial charge in [-0.25, -0.2) is 9.78 Å². The summed E-state index contributed by atoms with van der Waals surface area (Å²) in [5, 5.41) is 8.85. The molecule has 1 aromatic rings. The summed E-state index contributed by atoms with van der Waals surface area (Å²) >= 11 is 0. The van der Waals surface area contributed by atoms with Crippen molar-refractivity contribution in [1.29, 1.82) is 0 Å². The average Bonchev–Trinajstić information content (AvgIpc) is 2.69. The van der Waals surface area contributed by atoms with Gasteiger partial charge in [-0.15, -0.1) is 0 Å². The Hall–Kier alpha value is -1.91. The second-order valence-corrected chi connectivity index (χ2v) is 4.88. The molecule has 1 aliphatic heterocycles. The molecule has 5 nitrogen and oxygen atoms in total. The number of amides is 1. The monoisotopic (exact) mass is 248 g/mol. The van der Waals surface area contributed by atoms with Gasteiger partial charge in [0.2, 0.25) is 0 Å². The van der Waals surface area contributed by atoms with Crippen molar-refractivity contribution in [3.8, 4) is 0 Å². The van der Waals surface area contributed by atoms with Crippen molar-refractivity contribution in [2.45, 2.75) is 13.8 Å². The van der Waals surface area contributed by atoms with E-state index in [1.807, 2.05) is 0 Å². The lowest BCUT2D eigenvalue weighted by molar-refractivity contribution is 0.0690. The topological polar surface area (TPSA) is 70.5 Å². The molecule has 2 rings (SSSR count). The van der Waals surface area contributed by atoms with E-state index in [2.05, 4.69) is 18.8 Å². The fourth-order valence-corrected chi connectivity index (χ4v) is 2.13. The molecule has 2 heterocycles. The molecule has 0 spiro atoms. The Morgan fingerprint density at radius 2 is 1.78 bits per heavy atom. The molecule has 1 saturated heterocycles. The third-order valence-electron chi connectivity index (χ3n) is 3.46. The number of hydrogen-bond acceptors (Lipinski definition) is 3. The number of hydrogen-bond donors (Lipinski definition) is 1. The van der Waals surface area contributed by atoms with Gasteiger partial charge >= 0.3 is 5.97 Å². The molecular weight excluding hydrogens is 232 g/mol. The highest BCUT2D eigenvalue weighted by Crippen LogP contribution is 2.23. The highest BCUT2D eigenvalue weighted by molar-refractivity contribution is 5.94. The molecule has 1 aromatic heterocycles. The van der Waals surface area contributed by atoms with E-state index < -0.39 is 5.97 Å². The number of aromatic nitrogens is 1. The highest BCUT2D eigenvalue weighted by Gasteiger charge is 2.30. The van der Waals surface area contributed by atoms with Gasteiger partial charge in [0.15, 0.2) is 0 Å². The summed E-state index contributed by atoms with van der Waals surface area (Å²) in [7, 11) is 0. The van der Waals surface area contributed by atoms with Gasteiger partial charge < -0.3 is 10.0 Å². The van der Waals surface area contributed by atoms with E-state index in [-0.39, 0.29) is 17.3 Å². The van der Waals surface area contributed by atoms with E-state index in [1.165, 1.54) is 6.07 Å². The third kappa shape index (κ3) is 2.34. The Bertz CT molecular complexity index is 477. The summed E-state index contributed by atoms with van der Waals surface area (Å²) in [6.45, 7) is 5.63. The van der Waals surface area contributed by atoms with Crippen LogP contribution in [0.25, 0.3) is 0 Å². The quantitative estimate of drug-likeness (QED) is 0.861. The zero-order chi connectivity index (χ0) is 13.3. The Balaban J connectivity index is 2.19. The van der Waals surface area contributed by atoms with E-state index >= 15 is 0 Å². The predicted octanol–water partition coefficient (Wildman–Crippen LogP) is 1.51. The van der Waals surface area contributed by atoms with Gasteiger partial charge in [0, 0.05) is 13.1 Å². The van der Waals surface area contributed by atoms with E-state index in [9.17, 15) is 9.59 Å². The van der Waals surface area contributed by atoms with Crippen LogP contribution in [0.2, 0.25) is 0 Å². The van der Waals surface area contributed by atoms with Crippen LogP contribution in [0.3, 0.4) is 0 Å². The maximum Gasteiger partial charge on any atom is 0.354 e. The maximum atomic E-state index is 12.2. The van der Waals surface area contributed by atoms with Gasteiger partial charge in [0.05, 0.1) is 0 Å². The number of carboxylic acids is 1. The normalized spacial score (nSPS) is 23.1. The molecule has 18 heavy (non-hydrogen) atoms. The van der Waals surface area contributed by atoms with Crippen LogP contribution in [0.1, 0.15) is 34.8 Å². The first-order valence-electron chi connectivity index (χ1n) is 5.98. The number of nitrogens with zero attached hydrogens (tertiary/aromatic N) is 2. The first-order chi connectivity index (χ1) is 8.49. The number of carbonyl (C=O) groups excluding carboxylic acids is 1. The van der Waals surface area contributed by atoms with Crippen LogP contribution in [0.5, 0.6) is 0 Å². The SMILES string of the molecule is CC1CN(C(=O)c2cccc(C(=O)O)n2)CC1C. The molecule has 1 amide bonds. The van der Waals surface area contributed by atoms with Crippen LogP contribution in [-0.2, 0) is 0 Å². The van der Waals surface area contributed by atoms with Crippen LogP contribution in [0.15, 0.2) is 18.2 Å². The van der Waals surface area contributed by atoms with Crippen molar-refractivity contribution in [3.63, 3.8) is 0 Å². The largest absolute Gasteiger partial charge is 0.477 e. The van der Waals surface area contributed by atoms with Gasteiger partial charge in [-0.05, 0) is 24.0 Å². The number of carboxylic acid groups (broad SMARTS) is 1. The molecule has 96 valence electrons. The second-order valence-electron chi connectivity index (χ2n) is 4.88. The van der Waals surface area contributed by atoms with Gasteiger partial charge in [-0.2, -0.15) is 0 Å². The Morgan fingerprint density at radius 3 is 2.33 bits per heavy atom. The molecule has 5 heteroatoms. The van der Waals surface area contributed by atoms with E-state index in [4.69, 9.17) is 5.11 Å². The standard InChI is InChI=1S/C13H16N2O3/c1-8-6-15(7-9(8)2)12(16)10-4-3-5-11(14-10)13(17)18/h3-5,8-9H,6-7H2,1-2H3,(H,17,18). The predicted molar refractivity (Wildman–Crippen MR) is 65.4 cm³/mol. The van der Waals surface area contributed by atoms with E-state index in [0.717, 1.165) is 0 Å². The van der Waals surface area contributed by atoms with Crippen molar-refractivity contribution >= 4 is 11.9 Å². The van der Waals surface area contributed by atoms with Crippen LogP contribution in [-0.4, -0.2) is 40.0 Å². The van der Waals surface area contributed by atoms with Crippen molar-refractivity contribution in [2.75, 3.05) is 13.1 Å². The van der Waals surface area contributed by atoms with Crippen LogP contribution in [0, 0.1) is 11.8 Å². The second kappa shape index (κ2) is 4.76. The number of likely N-dealkylation sites (tertiary alicyclic amines) is 1. The summed E-state index contributed by atoms with van der Waals surface area (Å²) in [6, 6.07) is 4.49. The Labute approximate surface area is 105 Å². The molecule has 2 unspecified atom stereocenters. The number of aromatic carboxylic acids is 1. The Morgan fingerprint density at radius 1 is 1.22 bits per heavy atom. The fraction of sp³-hybridized carbons (Fsp3) is 0.462. The number of pyridine rings is 1. The minimum absolute atomic E-state index is 0.0962. The van der Waals surface area contributed by atoms with Crippen molar-refractivity contribution < 1.29 is 14.7 Å². The van der Waals surface area contributed by atoms with Gasteiger partial charge in [0.1, 0.15) is 11.4 Å². The lowest BCUT2D eigenvalue weighted by Crippen LogP contribution is -2.29. The minimum Gasteiger partial charge on any atom is -0.477 e. The van der Waals surface area contributed by atoms with E-state index in [1.54, 1.807) is 17.0 Å². The maximum absolute atomic E-state index is 12.2. The van der Waals surface area contributed by atoms with E-state index in [0.29, 0.717) is 24.9 Å². The van der Waals surface area contributed by atoms with Gasteiger partial charge in [-0.3, -0.25) is 4.79 Å². The molecule has 0 saturated carbocycles. The molecule has 2 atom stereocenters. The fourth-order valence-electron chi connectivity index (χ4n) is 2.13. The first-order valence-corrected chi connectivity index (χ1v) is 5.98. The summed E-state index contributed by atoms with van der Waals surface area (Å²) in [5.74, 6) is -0.365. The lowest BCUT2D eigenvalue weighted by atomic mass is 10.0. The first kappa shape index (κ1) is 12.5. The zero-order valence-corrected chi connectivity index (χ0v) is 10.5. The molecule has 1 aliphatic rings. The van der Waals surface area contributed by atoms with Crippen molar-refractivity contribution in [1.82, 2.24) is 9.88 Å². The minimum atomic E-state index is -1.12. The van der Waals surface area contributed by atoms with Gasteiger partial charge in [0.25, 0.3) is 5.91 Å². The molecule has 0 aromatic carbocycles. The summed E-state index contributed by atoms with van der Waals surface area (Å²) in [5.41, 5.74) is 0.109. The third-order valence-corrected chi connectivity index (χ3v) is 3.46. The molecule has 1 fully saturated rings. The van der Waals surface area contributed by atoms with Crippen molar-refractivity contribution in [3.05, 3.63) is 29.6 Å².